The SMILES string of the molecule is O=C(O)c1nc(NCC2(CCO)CC2)c2ccccc2n1. The van der Waals surface area contributed by atoms with Crippen LogP contribution >= 0.6 is 0 Å². The zero-order valence-corrected chi connectivity index (χ0v) is 11.5. The number of carbonyl (C=O) groups is 1. The van der Waals surface area contributed by atoms with Crippen molar-refractivity contribution in [3.63, 3.8) is 0 Å². The van der Waals surface area contributed by atoms with Gasteiger partial charge in [0.25, 0.3) is 0 Å². The van der Waals surface area contributed by atoms with E-state index < -0.39 is 5.97 Å². The predicted octanol–water partition coefficient (Wildman–Crippen LogP) is 1.90. The van der Waals surface area contributed by atoms with E-state index in [0.717, 1.165) is 24.6 Å². The second kappa shape index (κ2) is 5.29. The van der Waals surface area contributed by atoms with E-state index in [2.05, 4.69) is 15.3 Å². The molecular formula is C15H17N3O3. The molecule has 3 rings (SSSR count). The number of rotatable bonds is 6. The molecule has 3 N–H and O–H groups in total. The normalized spacial score (nSPS) is 15.9. The number of para-hydroxylation sites is 1. The summed E-state index contributed by atoms with van der Waals surface area (Å²) in [6, 6.07) is 7.33. The van der Waals surface area contributed by atoms with Gasteiger partial charge in [-0.25, -0.2) is 14.8 Å². The molecule has 0 unspecified atom stereocenters. The van der Waals surface area contributed by atoms with Gasteiger partial charge in [0.2, 0.25) is 5.82 Å². The molecule has 6 heteroatoms. The number of fused-ring (bicyclic) bond motifs is 1. The van der Waals surface area contributed by atoms with E-state index >= 15 is 0 Å². The Bertz CT molecular complexity index is 683. The molecule has 0 saturated heterocycles. The van der Waals surface area contributed by atoms with Gasteiger partial charge in [0, 0.05) is 18.5 Å². The van der Waals surface area contributed by atoms with Crippen LogP contribution in [0, 0.1) is 5.41 Å². The molecule has 0 spiro atoms. The van der Waals surface area contributed by atoms with E-state index in [9.17, 15) is 4.79 Å². The molecule has 1 aromatic heterocycles. The fourth-order valence-corrected chi connectivity index (χ4v) is 2.51. The number of nitrogens with one attached hydrogen (secondary N) is 1. The molecule has 0 radical (unpaired) electrons. The van der Waals surface area contributed by atoms with E-state index in [1.54, 1.807) is 6.07 Å². The summed E-state index contributed by atoms with van der Waals surface area (Å²) >= 11 is 0. The number of hydrogen-bond acceptors (Lipinski definition) is 5. The van der Waals surface area contributed by atoms with Gasteiger partial charge >= 0.3 is 5.97 Å². The van der Waals surface area contributed by atoms with Crippen molar-refractivity contribution >= 4 is 22.7 Å². The van der Waals surface area contributed by atoms with Crippen molar-refractivity contribution in [3.8, 4) is 0 Å². The highest BCUT2D eigenvalue weighted by Gasteiger charge is 2.41. The van der Waals surface area contributed by atoms with Crippen molar-refractivity contribution < 1.29 is 15.0 Å². The van der Waals surface area contributed by atoms with Crippen molar-refractivity contribution in [3.05, 3.63) is 30.1 Å². The lowest BCUT2D eigenvalue weighted by Crippen LogP contribution is -2.18. The molecule has 2 aromatic rings. The lowest BCUT2D eigenvalue weighted by atomic mass is 10.0. The fraction of sp³-hybridized carbons (Fsp3) is 0.400. The van der Waals surface area contributed by atoms with E-state index in [4.69, 9.17) is 10.2 Å². The smallest absolute Gasteiger partial charge is 0.374 e. The monoisotopic (exact) mass is 287 g/mol. The van der Waals surface area contributed by atoms with E-state index in [1.807, 2.05) is 18.2 Å². The van der Waals surface area contributed by atoms with Crippen LogP contribution in [0.3, 0.4) is 0 Å². The Labute approximate surface area is 121 Å². The molecule has 0 amide bonds. The first-order chi connectivity index (χ1) is 10.1. The van der Waals surface area contributed by atoms with Gasteiger partial charge < -0.3 is 15.5 Å². The van der Waals surface area contributed by atoms with Crippen molar-refractivity contribution in [2.45, 2.75) is 19.3 Å². The maximum atomic E-state index is 11.1. The minimum absolute atomic E-state index is 0.129. The molecule has 110 valence electrons. The first-order valence-electron chi connectivity index (χ1n) is 6.98. The molecule has 0 bridgehead atoms. The fourth-order valence-electron chi connectivity index (χ4n) is 2.51. The van der Waals surface area contributed by atoms with Crippen LogP contribution in [0.25, 0.3) is 10.9 Å². The summed E-state index contributed by atoms with van der Waals surface area (Å²) in [5.74, 6) is -0.800. The van der Waals surface area contributed by atoms with Gasteiger partial charge in [0.15, 0.2) is 0 Å². The van der Waals surface area contributed by atoms with Crippen LogP contribution in [0.5, 0.6) is 0 Å². The Kier molecular flexibility index (Phi) is 3.47. The Balaban J connectivity index is 1.91. The first kappa shape index (κ1) is 13.8. The minimum Gasteiger partial charge on any atom is -0.475 e. The molecular weight excluding hydrogens is 270 g/mol. The third-order valence-electron chi connectivity index (χ3n) is 4.02. The number of aromatic carboxylic acids is 1. The lowest BCUT2D eigenvalue weighted by molar-refractivity contribution is 0.0684. The Hall–Kier alpha value is -2.21. The number of aliphatic hydroxyl groups excluding tert-OH is 1. The molecule has 1 aromatic carbocycles. The second-order valence-electron chi connectivity index (χ2n) is 5.55. The highest BCUT2D eigenvalue weighted by atomic mass is 16.4. The molecule has 1 aliphatic rings. The molecule has 0 aliphatic heterocycles. The summed E-state index contributed by atoms with van der Waals surface area (Å²) in [6.07, 6.45) is 2.92. The number of aliphatic hydroxyl groups is 1. The maximum absolute atomic E-state index is 11.1. The van der Waals surface area contributed by atoms with Gasteiger partial charge in [0.05, 0.1) is 5.52 Å². The zero-order chi connectivity index (χ0) is 14.9. The largest absolute Gasteiger partial charge is 0.475 e. The number of benzene rings is 1. The molecule has 1 saturated carbocycles. The highest BCUT2D eigenvalue weighted by molar-refractivity contribution is 5.93. The zero-order valence-electron chi connectivity index (χ0n) is 11.5. The number of hydrogen-bond donors (Lipinski definition) is 3. The van der Waals surface area contributed by atoms with E-state index in [-0.39, 0.29) is 17.8 Å². The van der Waals surface area contributed by atoms with Crippen LogP contribution in [0.15, 0.2) is 24.3 Å². The van der Waals surface area contributed by atoms with Gasteiger partial charge in [-0.2, -0.15) is 0 Å². The summed E-state index contributed by atoms with van der Waals surface area (Å²) in [6.45, 7) is 0.861. The van der Waals surface area contributed by atoms with Crippen molar-refractivity contribution in [1.82, 2.24) is 9.97 Å². The standard InChI is InChI=1S/C15H17N3O3/c19-8-7-15(5-6-15)9-16-12-10-3-1-2-4-11(10)17-13(18-12)14(20)21/h1-4,19H,5-9H2,(H,20,21)(H,16,17,18). The average Bonchev–Trinajstić information content (AvgIpc) is 3.25. The maximum Gasteiger partial charge on any atom is 0.374 e. The van der Waals surface area contributed by atoms with Crippen LogP contribution in [-0.2, 0) is 0 Å². The average molecular weight is 287 g/mol. The molecule has 6 nitrogen and oxygen atoms in total. The number of carboxylic acid groups (broad SMARTS) is 1. The summed E-state index contributed by atoms with van der Waals surface area (Å²) in [5, 5.41) is 22.3. The Morgan fingerprint density at radius 2 is 2.05 bits per heavy atom. The van der Waals surface area contributed by atoms with Gasteiger partial charge in [-0.15, -0.1) is 0 Å². The van der Waals surface area contributed by atoms with Crippen molar-refractivity contribution in [1.29, 1.82) is 0 Å². The summed E-state index contributed by atoms with van der Waals surface area (Å²) in [7, 11) is 0. The summed E-state index contributed by atoms with van der Waals surface area (Å²) in [5.41, 5.74) is 0.740. The molecule has 1 fully saturated rings. The highest BCUT2D eigenvalue weighted by Crippen LogP contribution is 2.48. The third-order valence-corrected chi connectivity index (χ3v) is 4.02. The van der Waals surface area contributed by atoms with Crippen LogP contribution in [-0.4, -0.2) is 39.3 Å². The number of aromatic nitrogens is 2. The van der Waals surface area contributed by atoms with Crippen LogP contribution in [0.2, 0.25) is 0 Å². The summed E-state index contributed by atoms with van der Waals surface area (Å²) in [4.78, 5) is 19.3. The van der Waals surface area contributed by atoms with E-state index in [0.29, 0.717) is 17.9 Å². The number of anilines is 1. The summed E-state index contributed by atoms with van der Waals surface area (Å²) < 4.78 is 0. The number of nitrogens with zero attached hydrogens (tertiary/aromatic N) is 2. The van der Waals surface area contributed by atoms with Gasteiger partial charge in [0.1, 0.15) is 5.82 Å². The molecule has 0 atom stereocenters. The number of carboxylic acids is 1. The topological polar surface area (TPSA) is 95.3 Å². The second-order valence-corrected chi connectivity index (χ2v) is 5.55. The van der Waals surface area contributed by atoms with Crippen LogP contribution < -0.4 is 5.32 Å². The van der Waals surface area contributed by atoms with Gasteiger partial charge in [-0.3, -0.25) is 0 Å². The minimum atomic E-state index is -1.14. The molecule has 1 aliphatic carbocycles. The quantitative estimate of drug-likeness (QED) is 0.751. The first-order valence-corrected chi connectivity index (χ1v) is 6.98. The molecule has 1 heterocycles. The predicted molar refractivity (Wildman–Crippen MR) is 78.4 cm³/mol. The van der Waals surface area contributed by atoms with E-state index in [1.165, 1.54) is 0 Å². The van der Waals surface area contributed by atoms with Crippen LogP contribution in [0.1, 0.15) is 29.9 Å². The lowest BCUT2D eigenvalue weighted by Gasteiger charge is -2.16. The van der Waals surface area contributed by atoms with Gasteiger partial charge in [-0.1, -0.05) is 12.1 Å². The van der Waals surface area contributed by atoms with Gasteiger partial charge in [-0.05, 0) is 36.8 Å². The van der Waals surface area contributed by atoms with Crippen molar-refractivity contribution in [2.24, 2.45) is 5.41 Å². The van der Waals surface area contributed by atoms with Crippen LogP contribution in [0.4, 0.5) is 5.82 Å². The van der Waals surface area contributed by atoms with Crippen molar-refractivity contribution in [2.75, 3.05) is 18.5 Å². The Morgan fingerprint density at radius 1 is 1.29 bits per heavy atom. The third kappa shape index (κ3) is 2.80. The molecule has 21 heavy (non-hydrogen) atoms. The Morgan fingerprint density at radius 3 is 2.71 bits per heavy atom.